The number of β-amino-alcohol motifs (C(OH)–C–C–N with tert-alkyl or cyclic N) is 1. The van der Waals surface area contributed by atoms with Gasteiger partial charge in [0.1, 0.15) is 0 Å². The molecule has 5 nitrogen and oxygen atoms in total. The van der Waals surface area contributed by atoms with Gasteiger partial charge in [-0.05, 0) is 24.6 Å². The number of nitrogens with zero attached hydrogens (tertiary/aromatic N) is 1. The van der Waals surface area contributed by atoms with Crippen molar-refractivity contribution in [2.45, 2.75) is 17.4 Å². The Morgan fingerprint density at radius 2 is 2.26 bits per heavy atom. The first-order valence-corrected chi connectivity index (χ1v) is 8.71. The molecule has 1 fully saturated rings. The summed E-state index contributed by atoms with van der Waals surface area (Å²) in [5.74, 6) is 0.567. The Labute approximate surface area is 117 Å². The fourth-order valence-corrected chi connectivity index (χ4v) is 4.81. The highest BCUT2D eigenvalue weighted by Gasteiger charge is 2.29. The quantitative estimate of drug-likeness (QED) is 0.619. The minimum absolute atomic E-state index is 0.0825. The minimum atomic E-state index is -3.25. The van der Waals surface area contributed by atoms with Crippen LogP contribution in [0.1, 0.15) is 6.42 Å². The molecular weight excluding hydrogens is 284 g/mol. The third-order valence-corrected chi connectivity index (χ3v) is 6.08. The number of aliphatic hydroxyl groups is 1. The molecule has 1 aliphatic heterocycles. The van der Waals surface area contributed by atoms with Gasteiger partial charge in [0, 0.05) is 29.4 Å². The number of rotatable bonds is 5. The van der Waals surface area contributed by atoms with E-state index in [4.69, 9.17) is 5.73 Å². The zero-order valence-corrected chi connectivity index (χ0v) is 12.2. The number of anilines is 1. The Morgan fingerprint density at radius 1 is 1.47 bits per heavy atom. The van der Waals surface area contributed by atoms with Crippen molar-refractivity contribution in [3.05, 3.63) is 24.3 Å². The molecule has 0 saturated carbocycles. The maximum absolute atomic E-state index is 12.0. The molecule has 0 bridgehead atoms. The molecule has 1 unspecified atom stereocenters. The van der Waals surface area contributed by atoms with E-state index in [2.05, 4.69) is 0 Å². The summed E-state index contributed by atoms with van der Waals surface area (Å²) < 4.78 is 25.4. The summed E-state index contributed by atoms with van der Waals surface area (Å²) in [6.45, 7) is 0.651. The van der Waals surface area contributed by atoms with Crippen LogP contribution in [0.15, 0.2) is 29.2 Å². The van der Waals surface area contributed by atoms with Crippen molar-refractivity contribution in [1.82, 2.24) is 4.31 Å². The Kier molecular flexibility index (Phi) is 4.72. The monoisotopic (exact) mass is 302 g/mol. The summed E-state index contributed by atoms with van der Waals surface area (Å²) in [6, 6.07) is 7.39. The molecule has 1 aromatic carbocycles. The maximum Gasteiger partial charge on any atom is 0.215 e. The molecule has 0 spiro atoms. The van der Waals surface area contributed by atoms with Gasteiger partial charge in [0.2, 0.25) is 10.0 Å². The van der Waals surface area contributed by atoms with E-state index in [0.29, 0.717) is 24.4 Å². The highest BCUT2D eigenvalue weighted by Crippen LogP contribution is 2.21. The van der Waals surface area contributed by atoms with Crippen LogP contribution in [0.2, 0.25) is 0 Å². The maximum atomic E-state index is 12.0. The van der Waals surface area contributed by atoms with E-state index in [0.717, 1.165) is 4.90 Å². The average Bonchev–Trinajstić information content (AvgIpc) is 2.76. The highest BCUT2D eigenvalue weighted by molar-refractivity contribution is 8.00. The van der Waals surface area contributed by atoms with Gasteiger partial charge in [-0.1, -0.05) is 6.07 Å². The second-order valence-corrected chi connectivity index (χ2v) is 7.79. The van der Waals surface area contributed by atoms with Crippen molar-refractivity contribution in [2.24, 2.45) is 0 Å². The molecule has 1 atom stereocenters. The molecule has 1 aromatic rings. The van der Waals surface area contributed by atoms with Gasteiger partial charge in [0.25, 0.3) is 0 Å². The lowest BCUT2D eigenvalue weighted by atomic mass is 10.3. The van der Waals surface area contributed by atoms with Crippen LogP contribution in [0.4, 0.5) is 5.69 Å². The van der Waals surface area contributed by atoms with Gasteiger partial charge >= 0.3 is 0 Å². The van der Waals surface area contributed by atoms with E-state index in [1.807, 2.05) is 18.2 Å². The highest BCUT2D eigenvalue weighted by atomic mass is 32.2. The molecule has 2 rings (SSSR count). The smallest absolute Gasteiger partial charge is 0.215 e. The zero-order valence-electron chi connectivity index (χ0n) is 10.5. The van der Waals surface area contributed by atoms with Crippen molar-refractivity contribution in [3.63, 3.8) is 0 Å². The topological polar surface area (TPSA) is 83.6 Å². The molecule has 1 heterocycles. The van der Waals surface area contributed by atoms with Crippen LogP contribution in [-0.4, -0.2) is 48.5 Å². The standard InChI is InChI=1S/C12H18N2O3S2/c13-10-2-1-3-12(8-10)18-6-7-19(16,17)14-5-4-11(15)9-14/h1-3,8,11,15H,4-7,9,13H2. The summed E-state index contributed by atoms with van der Waals surface area (Å²) in [7, 11) is -3.25. The number of nitrogens with two attached hydrogens (primary N) is 1. The summed E-state index contributed by atoms with van der Waals surface area (Å²) in [5.41, 5.74) is 6.34. The normalized spacial score (nSPS) is 20.8. The number of hydrogen-bond donors (Lipinski definition) is 2. The van der Waals surface area contributed by atoms with Crippen LogP contribution >= 0.6 is 11.8 Å². The van der Waals surface area contributed by atoms with Gasteiger partial charge in [-0.25, -0.2) is 8.42 Å². The van der Waals surface area contributed by atoms with E-state index in [1.165, 1.54) is 16.1 Å². The Morgan fingerprint density at radius 3 is 2.89 bits per heavy atom. The lowest BCUT2D eigenvalue weighted by Crippen LogP contribution is -2.32. The molecule has 0 amide bonds. The number of aliphatic hydroxyl groups excluding tert-OH is 1. The lowest BCUT2D eigenvalue weighted by Gasteiger charge is -2.15. The van der Waals surface area contributed by atoms with Gasteiger partial charge in [-0.15, -0.1) is 11.8 Å². The van der Waals surface area contributed by atoms with Gasteiger partial charge in [0.15, 0.2) is 0 Å². The third kappa shape index (κ3) is 4.10. The lowest BCUT2D eigenvalue weighted by molar-refractivity contribution is 0.189. The predicted octanol–water partition coefficient (Wildman–Crippen LogP) is 0.757. The van der Waals surface area contributed by atoms with Crippen molar-refractivity contribution < 1.29 is 13.5 Å². The van der Waals surface area contributed by atoms with Crippen LogP contribution in [0.25, 0.3) is 0 Å². The summed E-state index contributed by atoms with van der Waals surface area (Å²) in [4.78, 5) is 0.969. The molecule has 1 saturated heterocycles. The second-order valence-electron chi connectivity index (χ2n) is 4.54. The number of sulfonamides is 1. The minimum Gasteiger partial charge on any atom is -0.399 e. The molecule has 0 aliphatic carbocycles. The van der Waals surface area contributed by atoms with Crippen molar-refractivity contribution in [1.29, 1.82) is 0 Å². The van der Waals surface area contributed by atoms with Gasteiger partial charge in [-0.3, -0.25) is 0 Å². The van der Waals surface area contributed by atoms with Gasteiger partial charge in [-0.2, -0.15) is 4.31 Å². The van der Waals surface area contributed by atoms with Crippen LogP contribution in [0, 0.1) is 0 Å². The molecule has 19 heavy (non-hydrogen) atoms. The number of benzene rings is 1. The molecule has 0 radical (unpaired) electrons. The molecule has 7 heteroatoms. The Balaban J connectivity index is 1.85. The molecular formula is C12H18N2O3S2. The van der Waals surface area contributed by atoms with Crippen molar-refractivity contribution in [2.75, 3.05) is 30.3 Å². The fraction of sp³-hybridized carbons (Fsp3) is 0.500. The van der Waals surface area contributed by atoms with E-state index in [-0.39, 0.29) is 12.3 Å². The average molecular weight is 302 g/mol. The molecule has 3 N–H and O–H groups in total. The van der Waals surface area contributed by atoms with E-state index in [1.54, 1.807) is 6.07 Å². The van der Waals surface area contributed by atoms with Gasteiger partial charge < -0.3 is 10.8 Å². The molecule has 0 aromatic heterocycles. The first kappa shape index (κ1) is 14.6. The van der Waals surface area contributed by atoms with E-state index in [9.17, 15) is 13.5 Å². The third-order valence-electron chi connectivity index (χ3n) is 2.99. The largest absolute Gasteiger partial charge is 0.399 e. The SMILES string of the molecule is Nc1cccc(SCCS(=O)(=O)N2CCC(O)C2)c1. The zero-order chi connectivity index (χ0) is 13.9. The Hall–Kier alpha value is -0.760. The number of nitrogen functional groups attached to an aromatic ring is 1. The van der Waals surface area contributed by atoms with Crippen LogP contribution < -0.4 is 5.73 Å². The first-order chi connectivity index (χ1) is 8.97. The van der Waals surface area contributed by atoms with E-state index >= 15 is 0 Å². The molecule has 1 aliphatic rings. The van der Waals surface area contributed by atoms with Gasteiger partial charge in [0.05, 0.1) is 11.9 Å². The summed E-state index contributed by atoms with van der Waals surface area (Å²) in [6.07, 6.45) is 0.0121. The number of hydrogen-bond acceptors (Lipinski definition) is 5. The van der Waals surface area contributed by atoms with Crippen LogP contribution in [0.3, 0.4) is 0 Å². The summed E-state index contributed by atoms with van der Waals surface area (Å²) >= 11 is 1.47. The van der Waals surface area contributed by atoms with Crippen LogP contribution in [-0.2, 0) is 10.0 Å². The van der Waals surface area contributed by atoms with E-state index < -0.39 is 16.1 Å². The first-order valence-electron chi connectivity index (χ1n) is 6.11. The second kappa shape index (κ2) is 6.13. The van der Waals surface area contributed by atoms with Crippen molar-refractivity contribution >= 4 is 27.5 Å². The Bertz CT molecular complexity index is 534. The summed E-state index contributed by atoms with van der Waals surface area (Å²) in [5, 5.41) is 9.37. The fourth-order valence-electron chi connectivity index (χ4n) is 1.96. The van der Waals surface area contributed by atoms with Crippen molar-refractivity contribution in [3.8, 4) is 0 Å². The number of thioether (sulfide) groups is 1. The van der Waals surface area contributed by atoms with Crippen LogP contribution in [0.5, 0.6) is 0 Å². The molecule has 106 valence electrons. The predicted molar refractivity (Wildman–Crippen MR) is 77.6 cm³/mol.